The number of carbonyl (C=O) groups excluding carboxylic acids is 2. The predicted octanol–water partition coefficient (Wildman–Crippen LogP) is 3.75. The van der Waals surface area contributed by atoms with Crippen molar-refractivity contribution in [2.24, 2.45) is 5.73 Å². The Balaban J connectivity index is 1.81. The first-order valence-corrected chi connectivity index (χ1v) is 8.73. The van der Waals surface area contributed by atoms with Gasteiger partial charge in [-0.25, -0.2) is 4.79 Å². The summed E-state index contributed by atoms with van der Waals surface area (Å²) in [5.74, 6) is -0.435. The molecule has 2 aromatic carbocycles. The van der Waals surface area contributed by atoms with E-state index < -0.39 is 11.5 Å². The minimum absolute atomic E-state index is 0.278. The van der Waals surface area contributed by atoms with Crippen LogP contribution in [-0.4, -0.2) is 29.0 Å². The Hall–Kier alpha value is -2.82. The lowest BCUT2D eigenvalue weighted by Crippen LogP contribution is -2.39. The van der Waals surface area contributed by atoms with Gasteiger partial charge < -0.3 is 15.4 Å². The van der Waals surface area contributed by atoms with Crippen molar-refractivity contribution in [3.63, 3.8) is 0 Å². The van der Waals surface area contributed by atoms with Crippen molar-refractivity contribution in [3.8, 4) is 11.1 Å². The number of rotatable bonds is 2. The van der Waals surface area contributed by atoms with Crippen LogP contribution >= 0.6 is 0 Å². The lowest BCUT2D eigenvalue weighted by Gasteiger charge is -2.31. The highest BCUT2D eigenvalue weighted by molar-refractivity contribution is 5.93. The number of primary amides is 1. The fraction of sp³-hybridized carbons (Fsp3) is 0.333. The fourth-order valence-corrected chi connectivity index (χ4v) is 3.05. The summed E-state index contributed by atoms with van der Waals surface area (Å²) in [6.07, 6.45) is 0.537. The van der Waals surface area contributed by atoms with Gasteiger partial charge in [0.1, 0.15) is 5.60 Å². The molecule has 0 bridgehead atoms. The van der Waals surface area contributed by atoms with Crippen LogP contribution in [0.25, 0.3) is 11.1 Å². The molecule has 0 radical (unpaired) electrons. The van der Waals surface area contributed by atoms with Crippen LogP contribution in [0, 0.1) is 0 Å². The number of nitrogens with two attached hydrogens (primary N) is 1. The van der Waals surface area contributed by atoms with Crippen molar-refractivity contribution in [2.75, 3.05) is 6.54 Å². The summed E-state index contributed by atoms with van der Waals surface area (Å²) >= 11 is 0. The fourth-order valence-electron chi connectivity index (χ4n) is 3.05. The largest absolute Gasteiger partial charge is 0.444 e. The molecule has 0 aromatic heterocycles. The predicted molar refractivity (Wildman–Crippen MR) is 101 cm³/mol. The van der Waals surface area contributed by atoms with Crippen LogP contribution in [-0.2, 0) is 17.7 Å². The zero-order valence-corrected chi connectivity index (χ0v) is 15.4. The number of benzene rings is 2. The quantitative estimate of drug-likeness (QED) is 0.895. The van der Waals surface area contributed by atoms with Crippen LogP contribution in [0.3, 0.4) is 0 Å². The molecule has 0 fully saturated rings. The molecular formula is C21H24N2O3. The summed E-state index contributed by atoms with van der Waals surface area (Å²) in [6.45, 7) is 6.82. The molecule has 2 aromatic rings. The molecule has 0 saturated heterocycles. The number of fused-ring (bicyclic) bond motifs is 1. The summed E-state index contributed by atoms with van der Waals surface area (Å²) in [5.41, 5.74) is 9.71. The average Bonchev–Trinajstić information content (AvgIpc) is 2.59. The van der Waals surface area contributed by atoms with Crippen molar-refractivity contribution in [1.82, 2.24) is 4.90 Å². The highest BCUT2D eigenvalue weighted by Crippen LogP contribution is 2.27. The summed E-state index contributed by atoms with van der Waals surface area (Å²) in [6, 6.07) is 13.5. The molecule has 1 aliphatic heterocycles. The molecule has 1 heterocycles. The van der Waals surface area contributed by atoms with Gasteiger partial charge in [0.05, 0.1) is 0 Å². The van der Waals surface area contributed by atoms with Crippen LogP contribution in [0.4, 0.5) is 4.79 Å². The molecule has 136 valence electrons. The minimum Gasteiger partial charge on any atom is -0.444 e. The van der Waals surface area contributed by atoms with Gasteiger partial charge in [0.2, 0.25) is 5.91 Å². The first-order valence-electron chi connectivity index (χ1n) is 8.73. The average molecular weight is 352 g/mol. The Morgan fingerprint density at radius 3 is 2.27 bits per heavy atom. The van der Waals surface area contributed by atoms with Gasteiger partial charge in [-0.1, -0.05) is 24.3 Å². The maximum absolute atomic E-state index is 12.3. The Kier molecular flexibility index (Phi) is 4.72. The molecule has 26 heavy (non-hydrogen) atoms. The van der Waals surface area contributed by atoms with Crippen molar-refractivity contribution < 1.29 is 14.3 Å². The topological polar surface area (TPSA) is 72.6 Å². The zero-order chi connectivity index (χ0) is 18.9. The van der Waals surface area contributed by atoms with Gasteiger partial charge in [0.15, 0.2) is 0 Å². The molecule has 2 N–H and O–H groups in total. The van der Waals surface area contributed by atoms with E-state index in [2.05, 4.69) is 18.2 Å². The molecule has 5 nitrogen and oxygen atoms in total. The SMILES string of the molecule is CC(C)(C)OC(=O)N1CCc2ccc(-c3ccc(C(N)=O)cc3)cc2C1. The molecule has 0 atom stereocenters. The third kappa shape index (κ3) is 4.04. The number of hydrogen-bond donors (Lipinski definition) is 1. The Bertz CT molecular complexity index is 835. The van der Waals surface area contributed by atoms with E-state index in [1.807, 2.05) is 32.9 Å². The van der Waals surface area contributed by atoms with E-state index in [4.69, 9.17) is 10.5 Å². The lowest BCUT2D eigenvalue weighted by molar-refractivity contribution is 0.0224. The Labute approximate surface area is 153 Å². The van der Waals surface area contributed by atoms with Crippen LogP contribution in [0.1, 0.15) is 42.3 Å². The second kappa shape index (κ2) is 6.83. The normalized spacial score (nSPS) is 13.9. The van der Waals surface area contributed by atoms with Crippen LogP contribution in [0.15, 0.2) is 42.5 Å². The summed E-state index contributed by atoms with van der Waals surface area (Å²) in [4.78, 5) is 25.3. The van der Waals surface area contributed by atoms with E-state index in [0.717, 1.165) is 23.1 Å². The summed E-state index contributed by atoms with van der Waals surface area (Å²) in [7, 11) is 0. The number of amides is 2. The van der Waals surface area contributed by atoms with E-state index in [0.29, 0.717) is 18.7 Å². The highest BCUT2D eigenvalue weighted by Gasteiger charge is 2.25. The van der Waals surface area contributed by atoms with Crippen LogP contribution in [0.5, 0.6) is 0 Å². The van der Waals surface area contributed by atoms with Gasteiger partial charge in [-0.3, -0.25) is 4.79 Å². The molecule has 0 saturated carbocycles. The van der Waals surface area contributed by atoms with Crippen molar-refractivity contribution in [3.05, 3.63) is 59.2 Å². The van der Waals surface area contributed by atoms with E-state index in [9.17, 15) is 9.59 Å². The van der Waals surface area contributed by atoms with E-state index in [-0.39, 0.29) is 6.09 Å². The summed E-state index contributed by atoms with van der Waals surface area (Å²) in [5, 5.41) is 0. The third-order valence-corrected chi connectivity index (χ3v) is 4.37. The van der Waals surface area contributed by atoms with E-state index >= 15 is 0 Å². The zero-order valence-electron chi connectivity index (χ0n) is 15.4. The smallest absolute Gasteiger partial charge is 0.410 e. The second-order valence-electron chi connectivity index (χ2n) is 7.58. The van der Waals surface area contributed by atoms with Crippen molar-refractivity contribution >= 4 is 12.0 Å². The number of nitrogens with zero attached hydrogens (tertiary/aromatic N) is 1. The highest BCUT2D eigenvalue weighted by atomic mass is 16.6. The molecule has 0 spiro atoms. The number of hydrogen-bond acceptors (Lipinski definition) is 3. The lowest BCUT2D eigenvalue weighted by atomic mass is 9.94. The monoisotopic (exact) mass is 352 g/mol. The molecule has 0 unspecified atom stereocenters. The van der Waals surface area contributed by atoms with Crippen molar-refractivity contribution in [1.29, 1.82) is 0 Å². The van der Waals surface area contributed by atoms with Gasteiger partial charge in [-0.05, 0) is 67.6 Å². The van der Waals surface area contributed by atoms with Gasteiger partial charge in [0, 0.05) is 18.7 Å². The minimum atomic E-state index is -0.499. The standard InChI is InChI=1S/C21H24N2O3/c1-21(2,3)26-20(25)23-11-10-15-6-9-17(12-18(15)13-23)14-4-7-16(8-5-14)19(22)24/h4-9,12H,10-11,13H2,1-3H3,(H2,22,24). The Morgan fingerprint density at radius 2 is 1.65 bits per heavy atom. The van der Waals surface area contributed by atoms with Gasteiger partial charge in [-0.15, -0.1) is 0 Å². The maximum atomic E-state index is 12.3. The number of ether oxygens (including phenoxy) is 1. The van der Waals surface area contributed by atoms with Gasteiger partial charge in [0.25, 0.3) is 0 Å². The van der Waals surface area contributed by atoms with Crippen molar-refractivity contribution in [2.45, 2.75) is 39.3 Å². The first kappa shape index (κ1) is 18.0. The first-order chi connectivity index (χ1) is 12.2. The third-order valence-electron chi connectivity index (χ3n) is 4.37. The van der Waals surface area contributed by atoms with Crippen LogP contribution in [0.2, 0.25) is 0 Å². The molecule has 2 amide bonds. The molecule has 5 heteroatoms. The number of carbonyl (C=O) groups is 2. The second-order valence-corrected chi connectivity index (χ2v) is 7.58. The maximum Gasteiger partial charge on any atom is 0.410 e. The Morgan fingerprint density at radius 1 is 1.00 bits per heavy atom. The molecular weight excluding hydrogens is 328 g/mol. The van der Waals surface area contributed by atoms with E-state index in [1.165, 1.54) is 5.56 Å². The van der Waals surface area contributed by atoms with E-state index in [1.54, 1.807) is 17.0 Å². The molecule has 1 aliphatic rings. The van der Waals surface area contributed by atoms with Gasteiger partial charge in [-0.2, -0.15) is 0 Å². The molecule has 3 rings (SSSR count). The van der Waals surface area contributed by atoms with Gasteiger partial charge >= 0.3 is 6.09 Å². The molecule has 0 aliphatic carbocycles. The summed E-state index contributed by atoms with van der Waals surface area (Å²) < 4.78 is 5.49. The van der Waals surface area contributed by atoms with Crippen LogP contribution < -0.4 is 5.73 Å².